The highest BCUT2D eigenvalue weighted by atomic mass is 16.2. The molecule has 4 rings (SSSR count). The fraction of sp³-hybridized carbons (Fsp3) is 0.333. The third-order valence-electron chi connectivity index (χ3n) is 6.02. The van der Waals surface area contributed by atoms with E-state index in [-0.39, 0.29) is 23.1 Å². The molecule has 166 valence electrons. The summed E-state index contributed by atoms with van der Waals surface area (Å²) >= 11 is 0. The zero-order valence-electron chi connectivity index (χ0n) is 18.5. The second-order valence-electron chi connectivity index (χ2n) is 8.22. The van der Waals surface area contributed by atoms with Crippen LogP contribution in [0.4, 0.5) is 11.5 Å². The second-order valence-corrected chi connectivity index (χ2v) is 8.22. The van der Waals surface area contributed by atoms with Crippen molar-refractivity contribution in [1.82, 2.24) is 14.1 Å². The van der Waals surface area contributed by atoms with E-state index < -0.39 is 0 Å². The summed E-state index contributed by atoms with van der Waals surface area (Å²) in [6.45, 7) is 4.86. The fourth-order valence-electron chi connectivity index (χ4n) is 4.18. The van der Waals surface area contributed by atoms with Crippen molar-refractivity contribution in [3.8, 4) is 5.69 Å². The minimum Gasteiger partial charge on any atom is -0.366 e. The van der Waals surface area contributed by atoms with Crippen LogP contribution in [0.15, 0.2) is 58.3 Å². The lowest BCUT2D eigenvalue weighted by Gasteiger charge is -2.33. The SMILES string of the molecule is Cc1ccc(NC(=O)C2CCN(c3c(C)n(-c4ccccc4)c(=O)n(C)c3=O)CC2)nc1. The summed E-state index contributed by atoms with van der Waals surface area (Å²) in [5.74, 6) is 0.334. The highest BCUT2D eigenvalue weighted by Crippen LogP contribution is 2.25. The summed E-state index contributed by atoms with van der Waals surface area (Å²) in [7, 11) is 1.50. The van der Waals surface area contributed by atoms with Gasteiger partial charge in [-0.05, 0) is 50.5 Å². The standard InChI is InChI=1S/C24H27N5O3/c1-16-9-10-20(25-15-16)26-22(30)18-11-13-28(14-12-18)21-17(2)29(19-7-5-4-6-8-19)24(32)27(3)23(21)31/h4-10,15,18H,11-14H2,1-3H3,(H,25,26,30). The van der Waals surface area contributed by atoms with Crippen LogP contribution in [0.2, 0.25) is 0 Å². The van der Waals surface area contributed by atoms with Gasteiger partial charge in [0.2, 0.25) is 5.91 Å². The molecule has 3 heterocycles. The molecule has 1 amide bonds. The van der Waals surface area contributed by atoms with Gasteiger partial charge in [-0.3, -0.25) is 18.7 Å². The van der Waals surface area contributed by atoms with E-state index in [9.17, 15) is 14.4 Å². The van der Waals surface area contributed by atoms with Gasteiger partial charge in [0.15, 0.2) is 0 Å². The Morgan fingerprint density at radius 3 is 2.34 bits per heavy atom. The fourth-order valence-corrected chi connectivity index (χ4v) is 4.18. The van der Waals surface area contributed by atoms with Crippen molar-refractivity contribution in [1.29, 1.82) is 0 Å². The predicted molar refractivity (Wildman–Crippen MR) is 125 cm³/mol. The molecule has 1 aromatic carbocycles. The molecule has 0 atom stereocenters. The maximum atomic E-state index is 13.0. The van der Waals surface area contributed by atoms with E-state index in [1.807, 2.05) is 48.2 Å². The van der Waals surface area contributed by atoms with Crippen LogP contribution in [0.25, 0.3) is 5.69 Å². The molecule has 1 aliphatic rings. The number of amides is 1. The molecule has 1 N–H and O–H groups in total. The van der Waals surface area contributed by atoms with Gasteiger partial charge in [0.1, 0.15) is 11.5 Å². The molecule has 0 radical (unpaired) electrons. The smallest absolute Gasteiger partial charge is 0.335 e. The van der Waals surface area contributed by atoms with Crippen LogP contribution in [0, 0.1) is 19.8 Å². The number of carbonyl (C=O) groups is 1. The van der Waals surface area contributed by atoms with Crippen molar-refractivity contribution in [2.24, 2.45) is 13.0 Å². The number of pyridine rings is 1. The van der Waals surface area contributed by atoms with Gasteiger partial charge in [0.05, 0.1) is 11.4 Å². The number of hydrogen-bond donors (Lipinski definition) is 1. The minimum absolute atomic E-state index is 0.0557. The Bertz CT molecular complexity index is 1240. The summed E-state index contributed by atoms with van der Waals surface area (Å²) < 4.78 is 2.72. The lowest BCUT2D eigenvalue weighted by Crippen LogP contribution is -2.46. The van der Waals surface area contributed by atoms with Crippen molar-refractivity contribution < 1.29 is 4.79 Å². The maximum absolute atomic E-state index is 13.0. The molecule has 0 aliphatic carbocycles. The van der Waals surface area contributed by atoms with Crippen molar-refractivity contribution in [2.45, 2.75) is 26.7 Å². The zero-order chi connectivity index (χ0) is 22.8. The Kier molecular flexibility index (Phi) is 5.94. The van der Waals surface area contributed by atoms with Gasteiger partial charge in [-0.2, -0.15) is 0 Å². The Morgan fingerprint density at radius 1 is 1.03 bits per heavy atom. The maximum Gasteiger partial charge on any atom is 0.335 e. The Labute approximate surface area is 186 Å². The number of benzene rings is 1. The van der Waals surface area contributed by atoms with Gasteiger partial charge >= 0.3 is 5.69 Å². The Balaban J connectivity index is 1.55. The van der Waals surface area contributed by atoms with Crippen LogP contribution < -0.4 is 21.5 Å². The average Bonchev–Trinajstić information content (AvgIpc) is 2.80. The monoisotopic (exact) mass is 433 g/mol. The van der Waals surface area contributed by atoms with E-state index in [1.54, 1.807) is 23.8 Å². The van der Waals surface area contributed by atoms with Crippen molar-refractivity contribution in [2.75, 3.05) is 23.3 Å². The van der Waals surface area contributed by atoms with Crippen LogP contribution in [0.1, 0.15) is 24.1 Å². The molecule has 0 saturated carbocycles. The molecule has 0 spiro atoms. The lowest BCUT2D eigenvalue weighted by atomic mass is 9.95. The number of rotatable bonds is 4. The molecule has 1 fully saturated rings. The number of nitrogens with zero attached hydrogens (tertiary/aromatic N) is 4. The quantitative estimate of drug-likeness (QED) is 0.683. The molecular weight excluding hydrogens is 406 g/mol. The number of aryl methyl sites for hydroxylation is 1. The summed E-state index contributed by atoms with van der Waals surface area (Å²) in [6, 6.07) is 13.0. The number of aromatic nitrogens is 3. The van der Waals surface area contributed by atoms with Gasteiger partial charge in [-0.25, -0.2) is 9.78 Å². The predicted octanol–water partition coefficient (Wildman–Crippen LogP) is 2.40. The summed E-state index contributed by atoms with van der Waals surface area (Å²) in [4.78, 5) is 44.7. The highest BCUT2D eigenvalue weighted by molar-refractivity contribution is 5.91. The summed E-state index contributed by atoms with van der Waals surface area (Å²) in [6.07, 6.45) is 2.95. The van der Waals surface area contributed by atoms with Crippen LogP contribution in [0.5, 0.6) is 0 Å². The van der Waals surface area contributed by atoms with E-state index >= 15 is 0 Å². The molecule has 0 unspecified atom stereocenters. The van der Waals surface area contributed by atoms with Gasteiger partial charge in [0.25, 0.3) is 5.56 Å². The molecule has 1 aliphatic heterocycles. The highest BCUT2D eigenvalue weighted by Gasteiger charge is 2.29. The molecule has 8 heteroatoms. The largest absolute Gasteiger partial charge is 0.366 e. The number of hydrogen-bond acceptors (Lipinski definition) is 5. The molecule has 8 nitrogen and oxygen atoms in total. The van der Waals surface area contributed by atoms with Crippen LogP contribution in [-0.4, -0.2) is 33.1 Å². The number of para-hydroxylation sites is 1. The first-order chi connectivity index (χ1) is 15.4. The number of anilines is 2. The Hall–Kier alpha value is -3.68. The normalized spacial score (nSPS) is 14.4. The number of piperidine rings is 1. The van der Waals surface area contributed by atoms with Crippen molar-refractivity contribution >= 4 is 17.4 Å². The van der Waals surface area contributed by atoms with Crippen LogP contribution in [-0.2, 0) is 11.8 Å². The van der Waals surface area contributed by atoms with Gasteiger partial charge in [-0.15, -0.1) is 0 Å². The minimum atomic E-state index is -0.373. The molecule has 1 saturated heterocycles. The third kappa shape index (κ3) is 4.08. The summed E-state index contributed by atoms with van der Waals surface area (Å²) in [5, 5.41) is 2.88. The van der Waals surface area contributed by atoms with Crippen molar-refractivity contribution in [3.05, 3.63) is 80.8 Å². The van der Waals surface area contributed by atoms with Gasteiger partial charge in [-0.1, -0.05) is 24.3 Å². The molecular formula is C24H27N5O3. The number of carbonyl (C=O) groups excluding carboxylic acids is 1. The molecule has 2 aromatic heterocycles. The van der Waals surface area contributed by atoms with Gasteiger partial charge in [0, 0.05) is 32.3 Å². The van der Waals surface area contributed by atoms with E-state index in [4.69, 9.17) is 0 Å². The first kappa shape index (κ1) is 21.5. The number of nitrogens with one attached hydrogen (secondary N) is 1. The van der Waals surface area contributed by atoms with E-state index in [0.29, 0.717) is 48.8 Å². The van der Waals surface area contributed by atoms with Crippen molar-refractivity contribution in [3.63, 3.8) is 0 Å². The average molecular weight is 434 g/mol. The first-order valence-corrected chi connectivity index (χ1v) is 10.7. The lowest BCUT2D eigenvalue weighted by molar-refractivity contribution is -0.120. The van der Waals surface area contributed by atoms with Crippen LogP contribution >= 0.6 is 0 Å². The van der Waals surface area contributed by atoms with E-state index in [0.717, 1.165) is 10.1 Å². The van der Waals surface area contributed by atoms with E-state index in [2.05, 4.69) is 10.3 Å². The third-order valence-corrected chi connectivity index (χ3v) is 6.02. The first-order valence-electron chi connectivity index (χ1n) is 10.7. The molecule has 32 heavy (non-hydrogen) atoms. The van der Waals surface area contributed by atoms with E-state index in [1.165, 1.54) is 7.05 Å². The summed E-state index contributed by atoms with van der Waals surface area (Å²) in [5.41, 5.74) is 2.18. The zero-order valence-corrected chi connectivity index (χ0v) is 18.5. The van der Waals surface area contributed by atoms with Gasteiger partial charge < -0.3 is 10.2 Å². The Morgan fingerprint density at radius 2 is 1.72 bits per heavy atom. The molecule has 0 bridgehead atoms. The molecule has 3 aromatic rings. The topological polar surface area (TPSA) is 89.2 Å². The van der Waals surface area contributed by atoms with Crippen LogP contribution in [0.3, 0.4) is 0 Å². The second kappa shape index (κ2) is 8.82.